The zero-order valence-corrected chi connectivity index (χ0v) is 5.19. The van der Waals surface area contributed by atoms with Gasteiger partial charge in [-0.3, -0.25) is 4.79 Å². The van der Waals surface area contributed by atoms with Crippen molar-refractivity contribution >= 4 is 16.8 Å². The standard InChI is InChI=1S/C6H7ClO/c1-2-3-4-5-6(7)8/h2-4H,1,5H2/b4-3+. The lowest BCUT2D eigenvalue weighted by Crippen LogP contribution is -1.77. The molecule has 0 radical (unpaired) electrons. The van der Waals surface area contributed by atoms with E-state index in [1.165, 1.54) is 0 Å². The summed E-state index contributed by atoms with van der Waals surface area (Å²) in [5, 5.41) is -0.344. The fourth-order valence-corrected chi connectivity index (χ4v) is 0.346. The molecule has 0 saturated heterocycles. The smallest absolute Gasteiger partial charge is 0.225 e. The molecule has 0 atom stereocenters. The van der Waals surface area contributed by atoms with Gasteiger partial charge in [-0.25, -0.2) is 0 Å². The van der Waals surface area contributed by atoms with Crippen LogP contribution in [0.1, 0.15) is 6.42 Å². The van der Waals surface area contributed by atoms with Gasteiger partial charge in [0.2, 0.25) is 5.24 Å². The van der Waals surface area contributed by atoms with Crippen LogP contribution in [0.2, 0.25) is 0 Å². The average molecular weight is 131 g/mol. The molecule has 0 fully saturated rings. The second-order valence-electron chi connectivity index (χ2n) is 1.22. The maximum Gasteiger partial charge on any atom is 0.225 e. The van der Waals surface area contributed by atoms with Gasteiger partial charge in [0.25, 0.3) is 0 Å². The lowest BCUT2D eigenvalue weighted by Gasteiger charge is -1.76. The maximum atomic E-state index is 10.00. The van der Waals surface area contributed by atoms with Crippen molar-refractivity contribution in [1.82, 2.24) is 0 Å². The van der Waals surface area contributed by atoms with Gasteiger partial charge in [-0.05, 0) is 11.6 Å². The predicted molar refractivity (Wildman–Crippen MR) is 34.8 cm³/mol. The number of halogens is 1. The number of carbonyl (C=O) groups is 1. The molecule has 0 rings (SSSR count). The Hall–Kier alpha value is -0.560. The molecular formula is C6H7ClO. The SMILES string of the molecule is C=C/C=C/CC(=O)Cl. The van der Waals surface area contributed by atoms with E-state index in [1.807, 2.05) is 0 Å². The fourth-order valence-electron chi connectivity index (χ4n) is 0.257. The monoisotopic (exact) mass is 130 g/mol. The van der Waals surface area contributed by atoms with E-state index in [0.29, 0.717) is 0 Å². The summed E-state index contributed by atoms with van der Waals surface area (Å²) in [6.07, 6.45) is 5.22. The van der Waals surface area contributed by atoms with E-state index in [2.05, 4.69) is 6.58 Å². The topological polar surface area (TPSA) is 17.1 Å². The summed E-state index contributed by atoms with van der Waals surface area (Å²) in [5.74, 6) is 0. The minimum atomic E-state index is -0.344. The quantitative estimate of drug-likeness (QED) is 0.421. The Labute approximate surface area is 53.6 Å². The van der Waals surface area contributed by atoms with Crippen molar-refractivity contribution < 1.29 is 4.79 Å². The van der Waals surface area contributed by atoms with Gasteiger partial charge in [-0.15, -0.1) is 0 Å². The van der Waals surface area contributed by atoms with Crippen molar-refractivity contribution in [2.75, 3.05) is 0 Å². The molecule has 0 bridgehead atoms. The maximum absolute atomic E-state index is 10.00. The van der Waals surface area contributed by atoms with Crippen molar-refractivity contribution in [3.63, 3.8) is 0 Å². The van der Waals surface area contributed by atoms with Crippen LogP contribution in [0.4, 0.5) is 0 Å². The second-order valence-corrected chi connectivity index (χ2v) is 1.64. The van der Waals surface area contributed by atoms with Crippen LogP contribution in [0, 0.1) is 0 Å². The van der Waals surface area contributed by atoms with E-state index in [0.717, 1.165) is 0 Å². The highest BCUT2D eigenvalue weighted by Crippen LogP contribution is 1.88. The molecule has 8 heavy (non-hydrogen) atoms. The minimum Gasteiger partial charge on any atom is -0.281 e. The molecule has 0 aliphatic carbocycles. The number of allylic oxidation sites excluding steroid dienone is 3. The van der Waals surface area contributed by atoms with Crippen molar-refractivity contribution in [2.45, 2.75) is 6.42 Å². The molecule has 0 N–H and O–H groups in total. The third kappa shape index (κ3) is 5.44. The van der Waals surface area contributed by atoms with Crippen molar-refractivity contribution in [2.24, 2.45) is 0 Å². The van der Waals surface area contributed by atoms with Gasteiger partial charge < -0.3 is 0 Å². The van der Waals surface area contributed by atoms with Crippen LogP contribution in [-0.4, -0.2) is 5.24 Å². The molecule has 2 heteroatoms. The Morgan fingerprint density at radius 1 is 1.75 bits per heavy atom. The first kappa shape index (κ1) is 7.44. The van der Waals surface area contributed by atoms with Gasteiger partial charge in [-0.1, -0.05) is 24.8 Å². The second kappa shape index (κ2) is 4.60. The number of hydrogen-bond acceptors (Lipinski definition) is 1. The van der Waals surface area contributed by atoms with E-state index in [-0.39, 0.29) is 11.7 Å². The molecule has 0 aliphatic heterocycles. The minimum absolute atomic E-state index is 0.285. The van der Waals surface area contributed by atoms with Gasteiger partial charge in [0.05, 0.1) is 0 Å². The molecule has 0 amide bonds. The summed E-state index contributed by atoms with van der Waals surface area (Å²) < 4.78 is 0. The van der Waals surface area contributed by atoms with Gasteiger partial charge in [0.15, 0.2) is 0 Å². The summed E-state index contributed by atoms with van der Waals surface area (Å²) in [5.41, 5.74) is 0. The largest absolute Gasteiger partial charge is 0.281 e. The Morgan fingerprint density at radius 3 is 2.75 bits per heavy atom. The normalized spacial score (nSPS) is 9.62. The van der Waals surface area contributed by atoms with Gasteiger partial charge in [-0.2, -0.15) is 0 Å². The zero-order chi connectivity index (χ0) is 6.41. The Balaban J connectivity index is 3.29. The van der Waals surface area contributed by atoms with Crippen LogP contribution in [0.5, 0.6) is 0 Å². The highest BCUT2D eigenvalue weighted by molar-refractivity contribution is 6.63. The molecule has 0 saturated carbocycles. The predicted octanol–water partition coefficient (Wildman–Crippen LogP) is 1.88. The van der Waals surface area contributed by atoms with Crippen LogP contribution < -0.4 is 0 Å². The van der Waals surface area contributed by atoms with Gasteiger partial charge in [0, 0.05) is 6.42 Å². The fraction of sp³-hybridized carbons (Fsp3) is 0.167. The highest BCUT2D eigenvalue weighted by atomic mass is 35.5. The number of hydrogen-bond donors (Lipinski definition) is 0. The van der Waals surface area contributed by atoms with Crippen molar-refractivity contribution in [1.29, 1.82) is 0 Å². The van der Waals surface area contributed by atoms with E-state index < -0.39 is 0 Å². The first-order valence-corrected chi connectivity index (χ1v) is 2.61. The van der Waals surface area contributed by atoms with E-state index >= 15 is 0 Å². The molecule has 0 spiro atoms. The molecular weight excluding hydrogens is 124 g/mol. The first-order chi connectivity index (χ1) is 3.77. The van der Waals surface area contributed by atoms with Gasteiger partial charge in [0.1, 0.15) is 0 Å². The molecule has 0 heterocycles. The summed E-state index contributed by atoms with van der Waals surface area (Å²) in [6, 6.07) is 0. The van der Waals surface area contributed by atoms with Crippen LogP contribution in [0.25, 0.3) is 0 Å². The lowest BCUT2D eigenvalue weighted by molar-refractivity contribution is -0.110. The summed E-state index contributed by atoms with van der Waals surface area (Å²) >= 11 is 4.99. The Kier molecular flexibility index (Phi) is 4.27. The van der Waals surface area contributed by atoms with Crippen molar-refractivity contribution in [3.8, 4) is 0 Å². The zero-order valence-electron chi connectivity index (χ0n) is 4.43. The molecule has 0 aromatic rings. The van der Waals surface area contributed by atoms with E-state index in [1.54, 1.807) is 18.2 Å². The molecule has 44 valence electrons. The van der Waals surface area contributed by atoms with E-state index in [9.17, 15) is 4.79 Å². The van der Waals surface area contributed by atoms with Crippen LogP contribution in [0.3, 0.4) is 0 Å². The lowest BCUT2D eigenvalue weighted by atomic mass is 10.4. The molecule has 0 unspecified atom stereocenters. The number of rotatable bonds is 3. The summed E-state index contributed by atoms with van der Waals surface area (Å²) in [7, 11) is 0. The third-order valence-corrected chi connectivity index (χ3v) is 0.705. The van der Waals surface area contributed by atoms with Crippen LogP contribution in [0.15, 0.2) is 24.8 Å². The molecule has 0 aromatic carbocycles. The van der Waals surface area contributed by atoms with Crippen LogP contribution in [-0.2, 0) is 4.79 Å². The first-order valence-electron chi connectivity index (χ1n) is 2.23. The number of carbonyl (C=O) groups excluding carboxylic acids is 1. The summed E-state index contributed by atoms with van der Waals surface area (Å²) in [6.45, 7) is 3.42. The van der Waals surface area contributed by atoms with Crippen LogP contribution >= 0.6 is 11.6 Å². The Morgan fingerprint density at radius 2 is 2.38 bits per heavy atom. The summed E-state index contributed by atoms with van der Waals surface area (Å²) in [4.78, 5) is 10.00. The van der Waals surface area contributed by atoms with Crippen molar-refractivity contribution in [3.05, 3.63) is 24.8 Å². The average Bonchev–Trinajstić information content (AvgIpc) is 1.66. The molecule has 0 aromatic heterocycles. The molecule has 0 aliphatic rings. The molecule has 1 nitrogen and oxygen atoms in total. The highest BCUT2D eigenvalue weighted by Gasteiger charge is 1.85. The van der Waals surface area contributed by atoms with Gasteiger partial charge >= 0.3 is 0 Å². The Bertz CT molecular complexity index is 116. The third-order valence-electron chi connectivity index (χ3n) is 0.551. The van der Waals surface area contributed by atoms with E-state index in [4.69, 9.17) is 11.6 Å².